The minimum atomic E-state index is 1.00. The molecule has 8 rings (SSSR count). The summed E-state index contributed by atoms with van der Waals surface area (Å²) in [4.78, 5) is 4.77. The molecule has 0 saturated heterocycles. The Kier molecular flexibility index (Phi) is 5.72. The Labute approximate surface area is 245 Å². The van der Waals surface area contributed by atoms with Crippen molar-refractivity contribution < 1.29 is 0 Å². The number of para-hydroxylation sites is 1. The van der Waals surface area contributed by atoms with Crippen molar-refractivity contribution in [3.63, 3.8) is 0 Å². The molecule has 0 atom stereocenters. The lowest BCUT2D eigenvalue weighted by molar-refractivity contribution is 1.19. The summed E-state index contributed by atoms with van der Waals surface area (Å²) >= 11 is 0. The monoisotopic (exact) mass is 536 g/mol. The number of benzene rings is 6. The molecule has 0 unspecified atom stereocenters. The summed E-state index contributed by atoms with van der Waals surface area (Å²) in [5, 5.41) is 4.95. The predicted octanol–water partition coefficient (Wildman–Crippen LogP) is 10.6. The Morgan fingerprint density at radius 1 is 0.452 bits per heavy atom. The van der Waals surface area contributed by atoms with E-state index in [1.54, 1.807) is 0 Å². The van der Waals surface area contributed by atoms with E-state index in [1.165, 1.54) is 54.8 Å². The van der Waals surface area contributed by atoms with Gasteiger partial charge in [-0.25, -0.2) is 0 Å². The molecule has 8 aromatic rings. The molecule has 0 N–H and O–H groups in total. The van der Waals surface area contributed by atoms with Gasteiger partial charge in [0.1, 0.15) is 0 Å². The molecule has 0 aliphatic carbocycles. The van der Waals surface area contributed by atoms with E-state index in [0.29, 0.717) is 0 Å². The van der Waals surface area contributed by atoms with Crippen LogP contribution in [-0.2, 0) is 0 Å². The van der Waals surface area contributed by atoms with Crippen LogP contribution >= 0.6 is 0 Å². The third-order valence-electron chi connectivity index (χ3n) is 8.25. The molecule has 6 aromatic carbocycles. The van der Waals surface area contributed by atoms with Gasteiger partial charge in [0.05, 0.1) is 16.7 Å². The maximum absolute atomic E-state index is 4.77. The molecule has 0 spiro atoms. The summed E-state index contributed by atoms with van der Waals surface area (Å²) in [6.07, 6.45) is 0. The first kappa shape index (κ1) is 24.3. The van der Waals surface area contributed by atoms with Crippen molar-refractivity contribution in [3.05, 3.63) is 157 Å². The van der Waals surface area contributed by atoms with Gasteiger partial charge in [-0.1, -0.05) is 109 Å². The fourth-order valence-corrected chi connectivity index (χ4v) is 6.23. The molecule has 0 amide bonds. The first-order chi connectivity index (χ1) is 20.7. The van der Waals surface area contributed by atoms with Crippen molar-refractivity contribution in [1.82, 2.24) is 9.55 Å². The third-order valence-corrected chi connectivity index (χ3v) is 8.25. The lowest BCUT2D eigenvalue weighted by Crippen LogP contribution is -1.94. The Bertz CT molecular complexity index is 2240. The number of rotatable bonds is 4. The van der Waals surface area contributed by atoms with Crippen LogP contribution in [0, 0.1) is 6.92 Å². The molecule has 2 heterocycles. The van der Waals surface area contributed by atoms with Crippen molar-refractivity contribution in [2.24, 2.45) is 0 Å². The zero-order valence-corrected chi connectivity index (χ0v) is 23.3. The molecule has 0 aliphatic rings. The molecular weight excluding hydrogens is 508 g/mol. The van der Waals surface area contributed by atoms with E-state index in [0.717, 1.165) is 22.6 Å². The first-order valence-corrected chi connectivity index (χ1v) is 14.4. The normalized spacial score (nSPS) is 11.5. The topological polar surface area (TPSA) is 17.8 Å². The van der Waals surface area contributed by atoms with Crippen LogP contribution in [0.1, 0.15) is 5.69 Å². The van der Waals surface area contributed by atoms with E-state index in [2.05, 4.69) is 150 Å². The molecule has 0 radical (unpaired) electrons. The predicted molar refractivity (Wildman–Crippen MR) is 177 cm³/mol. The standard InChI is InChI=1S/C40H28N2/c1-27-10-8-17-38(41-27)33-20-21-35-32(25-33)19-23-37-36-22-18-31(26-39(36)42(40(35)37)34-15-6-3-7-16-34)30-14-9-13-29(24-30)28-11-4-2-5-12-28/h2-26H,1H3. The number of aryl methyl sites for hydroxylation is 1. The quantitative estimate of drug-likeness (QED) is 0.219. The molecular formula is C40H28N2. The smallest absolute Gasteiger partial charge is 0.0705 e. The number of hydrogen-bond acceptors (Lipinski definition) is 1. The van der Waals surface area contributed by atoms with Crippen LogP contribution in [0.2, 0.25) is 0 Å². The molecule has 2 nitrogen and oxygen atoms in total. The molecule has 0 bridgehead atoms. The minimum Gasteiger partial charge on any atom is -0.309 e. The molecule has 2 aromatic heterocycles. The second kappa shape index (κ2) is 9.87. The van der Waals surface area contributed by atoms with Crippen LogP contribution in [0.25, 0.3) is 71.8 Å². The number of nitrogens with zero attached hydrogens (tertiary/aromatic N) is 2. The van der Waals surface area contributed by atoms with Crippen molar-refractivity contribution in [2.75, 3.05) is 0 Å². The van der Waals surface area contributed by atoms with Gasteiger partial charge < -0.3 is 4.57 Å². The van der Waals surface area contributed by atoms with E-state index < -0.39 is 0 Å². The highest BCUT2D eigenvalue weighted by atomic mass is 15.0. The van der Waals surface area contributed by atoms with Crippen LogP contribution in [0.4, 0.5) is 0 Å². The Hall–Kier alpha value is -5.47. The SMILES string of the molecule is Cc1cccc(-c2ccc3c(ccc4c5ccc(-c6cccc(-c7ccccc7)c6)cc5n(-c5ccccc5)c34)c2)n1. The molecule has 42 heavy (non-hydrogen) atoms. The number of pyridine rings is 1. The van der Waals surface area contributed by atoms with Gasteiger partial charge in [0.15, 0.2) is 0 Å². The van der Waals surface area contributed by atoms with Crippen LogP contribution in [-0.4, -0.2) is 9.55 Å². The fraction of sp³-hybridized carbons (Fsp3) is 0.0250. The van der Waals surface area contributed by atoms with E-state index in [1.807, 2.05) is 13.0 Å². The highest BCUT2D eigenvalue weighted by Crippen LogP contribution is 2.39. The first-order valence-electron chi connectivity index (χ1n) is 14.4. The maximum Gasteiger partial charge on any atom is 0.0705 e. The average molecular weight is 537 g/mol. The van der Waals surface area contributed by atoms with Crippen LogP contribution in [0.5, 0.6) is 0 Å². The molecule has 0 fully saturated rings. The maximum atomic E-state index is 4.77. The lowest BCUT2D eigenvalue weighted by Gasteiger charge is -2.11. The lowest BCUT2D eigenvalue weighted by atomic mass is 9.98. The van der Waals surface area contributed by atoms with Gasteiger partial charge >= 0.3 is 0 Å². The van der Waals surface area contributed by atoms with Gasteiger partial charge in [0.2, 0.25) is 0 Å². The van der Waals surface area contributed by atoms with Gasteiger partial charge in [-0.2, -0.15) is 0 Å². The molecule has 198 valence electrons. The van der Waals surface area contributed by atoms with Crippen molar-refractivity contribution >= 4 is 32.6 Å². The number of fused-ring (bicyclic) bond motifs is 5. The molecule has 0 aliphatic heterocycles. The number of aromatic nitrogens is 2. The van der Waals surface area contributed by atoms with Crippen LogP contribution < -0.4 is 0 Å². The number of hydrogen-bond donors (Lipinski definition) is 0. The Morgan fingerprint density at radius 2 is 1.10 bits per heavy atom. The molecule has 2 heteroatoms. The van der Waals surface area contributed by atoms with Crippen LogP contribution in [0.3, 0.4) is 0 Å². The highest BCUT2D eigenvalue weighted by Gasteiger charge is 2.16. The van der Waals surface area contributed by atoms with Gasteiger partial charge in [-0.05, 0) is 77.0 Å². The minimum absolute atomic E-state index is 1.00. The summed E-state index contributed by atoms with van der Waals surface area (Å²) in [5.41, 5.74) is 11.6. The zero-order valence-electron chi connectivity index (χ0n) is 23.3. The summed E-state index contributed by atoms with van der Waals surface area (Å²) in [7, 11) is 0. The summed E-state index contributed by atoms with van der Waals surface area (Å²) in [6.45, 7) is 2.04. The average Bonchev–Trinajstić information content (AvgIpc) is 3.39. The zero-order chi connectivity index (χ0) is 28.0. The molecule has 0 saturated carbocycles. The van der Waals surface area contributed by atoms with E-state index in [-0.39, 0.29) is 0 Å². The second-order valence-electron chi connectivity index (χ2n) is 10.9. The Morgan fingerprint density at radius 3 is 1.90 bits per heavy atom. The highest BCUT2D eigenvalue weighted by molar-refractivity contribution is 6.19. The van der Waals surface area contributed by atoms with Crippen molar-refractivity contribution in [1.29, 1.82) is 0 Å². The third kappa shape index (κ3) is 4.08. The van der Waals surface area contributed by atoms with E-state index in [4.69, 9.17) is 4.98 Å². The van der Waals surface area contributed by atoms with Gasteiger partial charge in [-0.15, -0.1) is 0 Å². The van der Waals surface area contributed by atoms with Gasteiger partial charge in [-0.3, -0.25) is 4.98 Å². The largest absolute Gasteiger partial charge is 0.309 e. The summed E-state index contributed by atoms with van der Waals surface area (Å²) in [6, 6.07) is 54.5. The Balaban J connectivity index is 1.37. The summed E-state index contributed by atoms with van der Waals surface area (Å²) in [5.74, 6) is 0. The van der Waals surface area contributed by atoms with Gasteiger partial charge in [0.25, 0.3) is 0 Å². The van der Waals surface area contributed by atoms with E-state index >= 15 is 0 Å². The van der Waals surface area contributed by atoms with Crippen molar-refractivity contribution in [2.45, 2.75) is 6.92 Å². The van der Waals surface area contributed by atoms with E-state index in [9.17, 15) is 0 Å². The summed E-state index contributed by atoms with van der Waals surface area (Å²) < 4.78 is 2.43. The van der Waals surface area contributed by atoms with Crippen LogP contribution in [0.15, 0.2) is 152 Å². The second-order valence-corrected chi connectivity index (χ2v) is 10.9. The van der Waals surface area contributed by atoms with Gasteiger partial charge in [0, 0.05) is 33.1 Å². The van der Waals surface area contributed by atoms with Crippen molar-refractivity contribution in [3.8, 4) is 39.2 Å². The fourth-order valence-electron chi connectivity index (χ4n) is 6.23.